The summed E-state index contributed by atoms with van der Waals surface area (Å²) in [6.45, 7) is 2.25. The zero-order valence-corrected chi connectivity index (χ0v) is 9.22. The van der Waals surface area contributed by atoms with Crippen molar-refractivity contribution in [2.75, 3.05) is 0 Å². The van der Waals surface area contributed by atoms with E-state index in [4.69, 9.17) is 0 Å². The van der Waals surface area contributed by atoms with E-state index in [1.165, 1.54) is 11.7 Å². The highest BCUT2D eigenvalue weighted by Crippen LogP contribution is 2.10. The fraction of sp³-hybridized carbons (Fsp3) is 1.00. The third-order valence-electron chi connectivity index (χ3n) is 0.507. The molecule has 0 heterocycles. The molecule has 0 atom stereocenters. The molecule has 6 heavy (non-hydrogen) atoms. The molecule has 0 bridgehead atoms. The van der Waals surface area contributed by atoms with Crippen LogP contribution in [0.15, 0.2) is 0 Å². The Morgan fingerprint density at radius 2 is 2.00 bits per heavy atom. The Balaban J connectivity index is 2.63. The Morgan fingerprint density at radius 3 is 2.00 bits per heavy atom. The van der Waals surface area contributed by atoms with E-state index in [1.807, 2.05) is 0 Å². The maximum atomic E-state index is 2.57. The number of halogens is 2. The van der Waals surface area contributed by atoms with Gasteiger partial charge < -0.3 is 0 Å². The van der Waals surface area contributed by atoms with Crippen LogP contribution < -0.4 is 0 Å². The lowest BCUT2D eigenvalue weighted by Gasteiger charge is -1.84. The molecule has 3 heteroatoms. The molecule has 0 aliphatic heterocycles. The highest BCUT2D eigenvalue weighted by atomic mass is 127. The standard InChI is InChI=1S/C3H7.Al.2HI/c1-3-2;;;/h1,3H2,2H3;;2*1H/q;+2;;/p-2. The van der Waals surface area contributed by atoms with Crippen LogP contribution in [0.25, 0.3) is 0 Å². The second-order valence-electron chi connectivity index (χ2n) is 1.18. The van der Waals surface area contributed by atoms with Crippen molar-refractivity contribution < 1.29 is 0 Å². The van der Waals surface area contributed by atoms with Gasteiger partial charge in [-0.3, -0.25) is 0 Å². The largest absolute Gasteiger partial charge is 0.445 e. The first kappa shape index (κ1) is 7.99. The molecular formula is C3H7AlI2. The molecule has 0 N–H and O–H groups in total. The Kier molecular flexibility index (Phi) is 6.84. The molecule has 0 rings (SSSR count). The lowest BCUT2D eigenvalue weighted by Crippen LogP contribution is -1.84. The van der Waals surface area contributed by atoms with Crippen molar-refractivity contribution in [2.45, 2.75) is 18.6 Å². The number of hydrogen-bond donors (Lipinski definition) is 0. The van der Waals surface area contributed by atoms with Crippen LogP contribution in [0.5, 0.6) is 0 Å². The van der Waals surface area contributed by atoms with Gasteiger partial charge in [-0.1, -0.05) is 18.6 Å². The summed E-state index contributed by atoms with van der Waals surface area (Å²) in [5.41, 5.74) is 0. The third kappa shape index (κ3) is 5.99. The van der Waals surface area contributed by atoms with Crippen molar-refractivity contribution in [3.05, 3.63) is 0 Å². The summed E-state index contributed by atoms with van der Waals surface area (Å²) in [7, 11) is -0.231. The lowest BCUT2D eigenvalue weighted by atomic mass is 10.6. The van der Waals surface area contributed by atoms with Gasteiger partial charge in [0.1, 0.15) is 0 Å². The van der Waals surface area contributed by atoms with E-state index in [0.717, 1.165) is 0 Å². The predicted octanol–water partition coefficient (Wildman–Crippen LogP) is 2.75. The fourth-order valence-electron chi connectivity index (χ4n) is 0.218. The molecule has 36 valence electrons. The summed E-state index contributed by atoms with van der Waals surface area (Å²) < 4.78 is 0. The highest BCUT2D eigenvalue weighted by molar-refractivity contribution is 14.3. The Morgan fingerprint density at radius 1 is 1.50 bits per heavy atom. The van der Waals surface area contributed by atoms with Crippen LogP contribution in [0.2, 0.25) is 5.28 Å². The number of rotatable bonds is 2. The molecule has 0 spiro atoms. The molecule has 0 saturated heterocycles. The van der Waals surface area contributed by atoms with E-state index in [2.05, 4.69) is 47.5 Å². The molecule has 0 aliphatic carbocycles. The first-order valence-corrected chi connectivity index (χ1v) is 11.2. The van der Waals surface area contributed by atoms with Gasteiger partial charge in [-0.2, -0.15) is 40.5 Å². The number of hydrogen-bond acceptors (Lipinski definition) is 0. The van der Waals surface area contributed by atoms with Crippen LogP contribution in [0, 0.1) is 0 Å². The Labute approximate surface area is 65.8 Å². The van der Waals surface area contributed by atoms with Gasteiger partial charge in [-0.05, 0) is 0 Å². The molecule has 0 saturated carbocycles. The molecule has 0 unspecified atom stereocenters. The van der Waals surface area contributed by atoms with Crippen molar-refractivity contribution in [2.24, 2.45) is 0 Å². The van der Waals surface area contributed by atoms with Crippen LogP contribution >= 0.6 is 40.5 Å². The quantitative estimate of drug-likeness (QED) is 0.541. The summed E-state index contributed by atoms with van der Waals surface area (Å²) >= 11 is 5.14. The summed E-state index contributed by atoms with van der Waals surface area (Å²) in [6, 6.07) is 0. The Bertz CT molecular complexity index is 30.0. The van der Waals surface area contributed by atoms with Crippen molar-refractivity contribution in [1.82, 2.24) is 0 Å². The maximum absolute atomic E-state index is 2.57. The Hall–Kier alpha value is 1.99. The second kappa shape index (κ2) is 5.14. The van der Waals surface area contributed by atoms with Crippen LogP contribution in [-0.4, -0.2) is 7.58 Å². The zero-order valence-electron chi connectivity index (χ0n) is 3.75. The minimum Gasteiger partial charge on any atom is -0.191 e. The van der Waals surface area contributed by atoms with Gasteiger partial charge in [0.25, 0.3) is 0 Å². The van der Waals surface area contributed by atoms with Crippen LogP contribution in [0.3, 0.4) is 0 Å². The first-order chi connectivity index (χ1) is 2.77. The average molecular weight is 324 g/mol. The van der Waals surface area contributed by atoms with Crippen molar-refractivity contribution in [1.29, 1.82) is 0 Å². The molecule has 0 aromatic carbocycles. The topological polar surface area (TPSA) is 0 Å². The zero-order chi connectivity index (χ0) is 4.99. The SMILES string of the molecule is CC[CH2][Al]([I])[I]. The normalized spacial score (nSPS) is 8.50. The monoisotopic (exact) mass is 324 g/mol. The van der Waals surface area contributed by atoms with Gasteiger partial charge in [-0.25, -0.2) is 0 Å². The third-order valence-corrected chi connectivity index (χ3v) is 5.26. The van der Waals surface area contributed by atoms with Crippen molar-refractivity contribution in [3.8, 4) is 0 Å². The second-order valence-corrected chi connectivity index (χ2v) is 18.7. The summed E-state index contributed by atoms with van der Waals surface area (Å²) in [5.74, 6) is 0. The van der Waals surface area contributed by atoms with E-state index < -0.39 is 0 Å². The first-order valence-electron chi connectivity index (χ1n) is 2.05. The van der Waals surface area contributed by atoms with Crippen LogP contribution in [-0.2, 0) is 0 Å². The summed E-state index contributed by atoms with van der Waals surface area (Å²) in [4.78, 5) is 0. The van der Waals surface area contributed by atoms with Crippen molar-refractivity contribution in [3.63, 3.8) is 0 Å². The smallest absolute Gasteiger partial charge is 0.191 e. The van der Waals surface area contributed by atoms with Gasteiger partial charge in [0.05, 0.1) is 0 Å². The molecule has 0 aromatic heterocycles. The van der Waals surface area contributed by atoms with Crippen LogP contribution in [0.1, 0.15) is 13.3 Å². The van der Waals surface area contributed by atoms with E-state index in [9.17, 15) is 0 Å². The highest BCUT2D eigenvalue weighted by Gasteiger charge is 2.03. The summed E-state index contributed by atoms with van der Waals surface area (Å²) in [6.07, 6.45) is 1.38. The lowest BCUT2D eigenvalue weighted by molar-refractivity contribution is 1.08. The van der Waals surface area contributed by atoms with Gasteiger partial charge >= 0.3 is 7.58 Å². The van der Waals surface area contributed by atoms with E-state index in [-0.39, 0.29) is 7.58 Å². The van der Waals surface area contributed by atoms with Gasteiger partial charge in [-0.15, -0.1) is 0 Å². The minimum absolute atomic E-state index is 0.231. The van der Waals surface area contributed by atoms with Gasteiger partial charge in [0, 0.05) is 0 Å². The maximum Gasteiger partial charge on any atom is 0.445 e. The molecular weight excluding hydrogens is 317 g/mol. The molecule has 0 aliphatic rings. The van der Waals surface area contributed by atoms with E-state index >= 15 is 0 Å². The van der Waals surface area contributed by atoms with Crippen LogP contribution in [0.4, 0.5) is 0 Å². The van der Waals surface area contributed by atoms with E-state index in [1.54, 1.807) is 0 Å². The molecule has 0 amide bonds. The minimum atomic E-state index is -0.231. The van der Waals surface area contributed by atoms with Crippen molar-refractivity contribution >= 4 is 48.1 Å². The molecule has 0 fully saturated rings. The average Bonchev–Trinajstić information content (AvgIpc) is 1.35. The molecule has 0 radical (unpaired) electrons. The van der Waals surface area contributed by atoms with Gasteiger partial charge in [0.2, 0.25) is 0 Å². The fourth-order valence-corrected chi connectivity index (χ4v) is 4.39. The summed E-state index contributed by atoms with van der Waals surface area (Å²) in [5, 5.41) is 1.49. The predicted molar refractivity (Wildman–Crippen MR) is 48.9 cm³/mol. The van der Waals surface area contributed by atoms with Gasteiger partial charge in [0.15, 0.2) is 0 Å². The van der Waals surface area contributed by atoms with E-state index in [0.29, 0.717) is 0 Å². The molecule has 0 aromatic rings. The molecule has 0 nitrogen and oxygen atoms in total.